The van der Waals surface area contributed by atoms with E-state index in [2.05, 4.69) is 34.6 Å². The molecule has 0 aromatic rings. The molecule has 0 aromatic carbocycles. The molecule has 5 aliphatic rings. The van der Waals surface area contributed by atoms with Gasteiger partial charge in [-0.15, -0.1) is 0 Å². The van der Waals surface area contributed by atoms with Crippen molar-refractivity contribution in [3.63, 3.8) is 0 Å². The predicted octanol–water partition coefficient (Wildman–Crippen LogP) is 6.97. The summed E-state index contributed by atoms with van der Waals surface area (Å²) in [6.07, 6.45) is 16.5. The van der Waals surface area contributed by atoms with Gasteiger partial charge in [-0.3, -0.25) is 0 Å². The lowest BCUT2D eigenvalue weighted by Crippen LogP contribution is -2.55. The molecule has 5 rings (SSSR count). The third kappa shape index (κ3) is 3.74. The molecule has 0 radical (unpaired) electrons. The highest BCUT2D eigenvalue weighted by Crippen LogP contribution is 2.69. The zero-order valence-corrected chi connectivity index (χ0v) is 21.1. The number of aliphatic hydroxyl groups is 2. The molecule has 178 valence electrons. The van der Waals surface area contributed by atoms with Crippen molar-refractivity contribution < 1.29 is 10.2 Å². The van der Waals surface area contributed by atoms with E-state index in [0.29, 0.717) is 16.7 Å². The molecule has 2 N–H and O–H groups in total. The lowest BCUT2D eigenvalue weighted by Gasteiger charge is -2.62. The van der Waals surface area contributed by atoms with Crippen LogP contribution in [-0.2, 0) is 0 Å². The zero-order chi connectivity index (χ0) is 22.2. The van der Waals surface area contributed by atoms with Gasteiger partial charge >= 0.3 is 0 Å². The van der Waals surface area contributed by atoms with Gasteiger partial charge in [0.15, 0.2) is 0 Å². The molecule has 10 atom stereocenters. The van der Waals surface area contributed by atoms with Crippen molar-refractivity contribution in [2.24, 2.45) is 52.3 Å². The Bertz CT molecular complexity index is 678. The Kier molecular flexibility index (Phi) is 5.46. The number of hydrogen-bond acceptors (Lipinski definition) is 2. The molecular weight excluding hydrogens is 380 g/mol. The first-order chi connectivity index (χ1) is 14.5. The lowest BCUT2D eigenvalue weighted by molar-refractivity contribution is -0.148. The van der Waals surface area contributed by atoms with Crippen molar-refractivity contribution in [3.05, 3.63) is 0 Å². The third-order valence-electron chi connectivity index (χ3n) is 12.3. The summed E-state index contributed by atoms with van der Waals surface area (Å²) in [5.74, 6) is 5.65. The Morgan fingerprint density at radius 3 is 2.29 bits per heavy atom. The van der Waals surface area contributed by atoms with E-state index in [1.54, 1.807) is 0 Å². The fraction of sp³-hybridized carbons (Fsp3) is 1.00. The minimum absolute atomic E-state index is 0.417. The highest BCUT2D eigenvalue weighted by atomic mass is 16.3. The molecule has 0 heterocycles. The fourth-order valence-electron chi connectivity index (χ4n) is 10.0. The van der Waals surface area contributed by atoms with Gasteiger partial charge < -0.3 is 10.2 Å². The van der Waals surface area contributed by atoms with Crippen molar-refractivity contribution in [1.82, 2.24) is 0 Å². The maximum Gasteiger partial charge on any atom is 0.0647 e. The summed E-state index contributed by atoms with van der Waals surface area (Å²) in [5.41, 5.74) is 0.157. The molecule has 2 nitrogen and oxygen atoms in total. The van der Waals surface area contributed by atoms with Crippen LogP contribution in [0.4, 0.5) is 0 Å². The van der Waals surface area contributed by atoms with Gasteiger partial charge in [-0.1, -0.05) is 20.8 Å². The second-order valence-corrected chi connectivity index (χ2v) is 14.2. The molecule has 5 saturated carbocycles. The van der Waals surface area contributed by atoms with Gasteiger partial charge in [-0.2, -0.15) is 0 Å². The summed E-state index contributed by atoms with van der Waals surface area (Å²) in [4.78, 5) is 0. The minimum atomic E-state index is -0.421. The maximum atomic E-state index is 10.9. The summed E-state index contributed by atoms with van der Waals surface area (Å²) in [6.45, 7) is 12.0. The van der Waals surface area contributed by atoms with Crippen molar-refractivity contribution >= 4 is 0 Å². The summed E-state index contributed by atoms with van der Waals surface area (Å²) < 4.78 is 0. The van der Waals surface area contributed by atoms with Gasteiger partial charge in [0, 0.05) is 0 Å². The topological polar surface area (TPSA) is 40.5 Å². The molecule has 1 unspecified atom stereocenters. The smallest absolute Gasteiger partial charge is 0.0647 e. The lowest BCUT2D eigenvalue weighted by atomic mass is 9.43. The van der Waals surface area contributed by atoms with Crippen LogP contribution in [0.25, 0.3) is 0 Å². The van der Waals surface area contributed by atoms with E-state index in [0.717, 1.165) is 54.8 Å². The minimum Gasteiger partial charge on any atom is -0.390 e. The highest BCUT2D eigenvalue weighted by molar-refractivity contribution is 5.10. The van der Waals surface area contributed by atoms with Gasteiger partial charge in [0.25, 0.3) is 0 Å². The predicted molar refractivity (Wildman–Crippen MR) is 128 cm³/mol. The normalized spacial score (nSPS) is 52.5. The second kappa shape index (κ2) is 7.46. The summed E-state index contributed by atoms with van der Waals surface area (Å²) in [6, 6.07) is 0. The fourth-order valence-corrected chi connectivity index (χ4v) is 10.0. The molecule has 0 amide bonds. The van der Waals surface area contributed by atoms with Crippen LogP contribution in [0.2, 0.25) is 0 Å². The van der Waals surface area contributed by atoms with Crippen LogP contribution in [-0.4, -0.2) is 21.4 Å². The number of rotatable bonds is 5. The Hall–Kier alpha value is -0.0800. The van der Waals surface area contributed by atoms with Gasteiger partial charge in [0.1, 0.15) is 0 Å². The monoisotopic (exact) mass is 430 g/mol. The Morgan fingerprint density at radius 1 is 0.871 bits per heavy atom. The molecule has 31 heavy (non-hydrogen) atoms. The zero-order valence-electron chi connectivity index (χ0n) is 21.1. The molecule has 0 saturated heterocycles. The largest absolute Gasteiger partial charge is 0.390 e. The van der Waals surface area contributed by atoms with Crippen LogP contribution in [0.1, 0.15) is 118 Å². The van der Waals surface area contributed by atoms with E-state index >= 15 is 0 Å². The van der Waals surface area contributed by atoms with Crippen LogP contribution < -0.4 is 0 Å². The molecule has 0 spiro atoms. The van der Waals surface area contributed by atoms with E-state index in [-0.39, 0.29) is 0 Å². The first kappa shape index (κ1) is 22.7. The maximum absolute atomic E-state index is 10.9. The van der Waals surface area contributed by atoms with Crippen LogP contribution in [0.3, 0.4) is 0 Å². The molecule has 2 heteroatoms. The van der Waals surface area contributed by atoms with E-state index in [1.807, 2.05) is 0 Å². The van der Waals surface area contributed by atoms with Crippen LogP contribution >= 0.6 is 0 Å². The summed E-state index contributed by atoms with van der Waals surface area (Å²) in [5, 5.41) is 21.6. The van der Waals surface area contributed by atoms with Crippen molar-refractivity contribution in [2.45, 2.75) is 129 Å². The molecule has 5 aliphatic carbocycles. The van der Waals surface area contributed by atoms with E-state index in [9.17, 15) is 10.2 Å². The Morgan fingerprint density at radius 2 is 1.58 bits per heavy atom. The SMILES string of the molecule is C[C@H](CCC(C)(O)C1CC1)[C@H]1CC[C@H]2[C@@H]3CC[C@H]4C[C@@](C)(O)CC[C@]4(C)[C@H]3CC[C@]12C. The van der Waals surface area contributed by atoms with Gasteiger partial charge in [0.05, 0.1) is 11.2 Å². The standard InChI is InChI=1S/C29H50O2/c1-19(12-15-29(5,31)20-6-7-20)23-10-11-24-22-9-8-21-18-26(2,30)16-17-27(21,3)25(22)13-14-28(23,24)4/h19-25,30-31H,6-18H2,1-5H3/t19-,21+,22+,23-,24+,25+,26+,27+,28-,29?/m1/s1. The van der Waals surface area contributed by atoms with Crippen LogP contribution in [0.5, 0.6) is 0 Å². The first-order valence-electron chi connectivity index (χ1n) is 13.9. The Balaban J connectivity index is 1.28. The quantitative estimate of drug-likeness (QED) is 0.494. The summed E-state index contributed by atoms with van der Waals surface area (Å²) in [7, 11) is 0. The van der Waals surface area contributed by atoms with Crippen molar-refractivity contribution in [1.29, 1.82) is 0 Å². The van der Waals surface area contributed by atoms with E-state index in [1.165, 1.54) is 64.2 Å². The average molecular weight is 431 g/mol. The molecule has 0 aromatic heterocycles. The highest BCUT2D eigenvalue weighted by Gasteiger charge is 2.61. The summed E-state index contributed by atoms with van der Waals surface area (Å²) >= 11 is 0. The van der Waals surface area contributed by atoms with Crippen LogP contribution in [0.15, 0.2) is 0 Å². The third-order valence-corrected chi connectivity index (χ3v) is 12.3. The molecular formula is C29H50O2. The second-order valence-electron chi connectivity index (χ2n) is 14.2. The van der Waals surface area contributed by atoms with Crippen molar-refractivity contribution in [2.75, 3.05) is 0 Å². The van der Waals surface area contributed by atoms with Gasteiger partial charge in [-0.25, -0.2) is 0 Å². The number of hydrogen-bond donors (Lipinski definition) is 2. The van der Waals surface area contributed by atoms with Crippen molar-refractivity contribution in [3.8, 4) is 0 Å². The Labute approximate surface area is 192 Å². The molecule has 0 bridgehead atoms. The van der Waals surface area contributed by atoms with E-state index in [4.69, 9.17) is 0 Å². The molecule has 5 fully saturated rings. The number of fused-ring (bicyclic) bond motifs is 5. The molecule has 0 aliphatic heterocycles. The van der Waals surface area contributed by atoms with Gasteiger partial charge in [0.2, 0.25) is 0 Å². The van der Waals surface area contributed by atoms with Crippen LogP contribution in [0, 0.1) is 52.3 Å². The first-order valence-corrected chi connectivity index (χ1v) is 13.9. The average Bonchev–Trinajstić information content (AvgIpc) is 3.49. The van der Waals surface area contributed by atoms with E-state index < -0.39 is 11.2 Å². The van der Waals surface area contributed by atoms with Gasteiger partial charge in [-0.05, 0) is 150 Å².